The lowest BCUT2D eigenvalue weighted by Crippen LogP contribution is -2.10. The van der Waals surface area contributed by atoms with Crippen molar-refractivity contribution in [2.45, 2.75) is 25.9 Å². The zero-order valence-electron chi connectivity index (χ0n) is 7.30. The summed E-state index contributed by atoms with van der Waals surface area (Å²) < 4.78 is 13.3. The van der Waals surface area contributed by atoms with E-state index in [0.717, 1.165) is 11.4 Å². The van der Waals surface area contributed by atoms with Gasteiger partial charge in [-0.1, -0.05) is 0 Å². The van der Waals surface area contributed by atoms with Crippen molar-refractivity contribution in [2.24, 2.45) is 5.73 Å². The Labute approximate surface area is 75.6 Å². The van der Waals surface area contributed by atoms with Crippen molar-refractivity contribution < 1.29 is 4.39 Å². The SMILES string of the molecule is CC(C)(F)c1csc(CCN)n1. The number of thiazole rings is 1. The fourth-order valence-electron chi connectivity index (χ4n) is 0.822. The van der Waals surface area contributed by atoms with Gasteiger partial charge in [0.25, 0.3) is 0 Å². The summed E-state index contributed by atoms with van der Waals surface area (Å²) in [4.78, 5) is 4.13. The first-order chi connectivity index (χ1) is 5.54. The molecule has 0 aliphatic carbocycles. The highest BCUT2D eigenvalue weighted by Gasteiger charge is 2.21. The monoisotopic (exact) mass is 188 g/mol. The highest BCUT2D eigenvalue weighted by Crippen LogP contribution is 2.25. The van der Waals surface area contributed by atoms with E-state index in [-0.39, 0.29) is 0 Å². The molecule has 1 rings (SSSR count). The van der Waals surface area contributed by atoms with Gasteiger partial charge in [-0.05, 0) is 20.4 Å². The maximum atomic E-state index is 13.3. The van der Waals surface area contributed by atoms with E-state index in [9.17, 15) is 4.39 Å². The second-order valence-electron chi connectivity index (χ2n) is 3.14. The fraction of sp³-hybridized carbons (Fsp3) is 0.625. The zero-order chi connectivity index (χ0) is 9.19. The third-order valence-electron chi connectivity index (χ3n) is 1.52. The number of aromatic nitrogens is 1. The number of hydrogen-bond acceptors (Lipinski definition) is 3. The second kappa shape index (κ2) is 3.49. The van der Waals surface area contributed by atoms with Gasteiger partial charge in [-0.2, -0.15) is 0 Å². The molecule has 0 amide bonds. The summed E-state index contributed by atoms with van der Waals surface area (Å²) >= 11 is 1.47. The van der Waals surface area contributed by atoms with Crippen molar-refractivity contribution in [1.82, 2.24) is 4.98 Å². The number of rotatable bonds is 3. The van der Waals surface area contributed by atoms with Gasteiger partial charge < -0.3 is 5.73 Å². The van der Waals surface area contributed by atoms with Crippen molar-refractivity contribution >= 4 is 11.3 Å². The molecule has 1 aromatic heterocycles. The summed E-state index contributed by atoms with van der Waals surface area (Å²) in [6.07, 6.45) is 0.737. The first-order valence-electron chi connectivity index (χ1n) is 3.88. The van der Waals surface area contributed by atoms with Crippen LogP contribution in [-0.4, -0.2) is 11.5 Å². The lowest BCUT2D eigenvalue weighted by atomic mass is 10.1. The van der Waals surface area contributed by atoms with Crippen LogP contribution in [-0.2, 0) is 12.1 Å². The largest absolute Gasteiger partial charge is 0.330 e. The maximum absolute atomic E-state index is 13.3. The molecule has 0 spiro atoms. The van der Waals surface area contributed by atoms with Gasteiger partial charge in [0.05, 0.1) is 10.7 Å². The van der Waals surface area contributed by atoms with Crippen LogP contribution in [0.1, 0.15) is 24.5 Å². The van der Waals surface area contributed by atoms with Crippen LogP contribution in [0.15, 0.2) is 5.38 Å². The van der Waals surface area contributed by atoms with Gasteiger partial charge in [-0.15, -0.1) is 11.3 Å². The molecule has 0 saturated heterocycles. The van der Waals surface area contributed by atoms with Crippen LogP contribution in [0.5, 0.6) is 0 Å². The van der Waals surface area contributed by atoms with Gasteiger partial charge in [-0.3, -0.25) is 0 Å². The molecule has 0 saturated carbocycles. The molecule has 12 heavy (non-hydrogen) atoms. The van der Waals surface area contributed by atoms with Crippen molar-refractivity contribution in [1.29, 1.82) is 0 Å². The molecule has 2 nitrogen and oxygen atoms in total. The zero-order valence-corrected chi connectivity index (χ0v) is 8.12. The van der Waals surface area contributed by atoms with Gasteiger partial charge in [0.2, 0.25) is 0 Å². The van der Waals surface area contributed by atoms with Gasteiger partial charge in [0, 0.05) is 11.8 Å². The molecular weight excluding hydrogens is 175 g/mol. The van der Waals surface area contributed by atoms with E-state index >= 15 is 0 Å². The minimum Gasteiger partial charge on any atom is -0.330 e. The predicted molar refractivity (Wildman–Crippen MR) is 49.0 cm³/mol. The summed E-state index contributed by atoms with van der Waals surface area (Å²) in [5.41, 5.74) is 4.53. The molecule has 4 heteroatoms. The van der Waals surface area contributed by atoms with Crippen molar-refractivity contribution in [3.63, 3.8) is 0 Å². The molecule has 0 aliphatic rings. The highest BCUT2D eigenvalue weighted by molar-refractivity contribution is 7.09. The van der Waals surface area contributed by atoms with Gasteiger partial charge in [-0.25, -0.2) is 9.37 Å². The smallest absolute Gasteiger partial charge is 0.148 e. The first-order valence-corrected chi connectivity index (χ1v) is 4.76. The van der Waals surface area contributed by atoms with Crippen LogP contribution < -0.4 is 5.73 Å². The molecule has 0 bridgehead atoms. The summed E-state index contributed by atoms with van der Waals surface area (Å²) in [6.45, 7) is 3.59. The van der Waals surface area contributed by atoms with Crippen LogP contribution in [0.25, 0.3) is 0 Å². The van der Waals surface area contributed by atoms with E-state index in [1.54, 1.807) is 5.38 Å². The van der Waals surface area contributed by atoms with E-state index in [1.165, 1.54) is 25.2 Å². The molecular formula is C8H13FN2S. The van der Waals surface area contributed by atoms with Crippen LogP contribution in [0.2, 0.25) is 0 Å². The highest BCUT2D eigenvalue weighted by atomic mass is 32.1. The Hall–Kier alpha value is -0.480. The number of halogens is 1. The third kappa shape index (κ3) is 2.25. The Morgan fingerprint density at radius 3 is 2.75 bits per heavy atom. The standard InChI is InChI=1S/C8H13FN2S/c1-8(2,9)6-5-12-7(11-6)3-4-10/h5H,3-4,10H2,1-2H3. The second-order valence-corrected chi connectivity index (χ2v) is 4.08. The first kappa shape index (κ1) is 9.61. The molecule has 1 heterocycles. The Bertz CT molecular complexity index is 252. The summed E-state index contributed by atoms with van der Waals surface area (Å²) in [6, 6.07) is 0. The Morgan fingerprint density at radius 2 is 2.33 bits per heavy atom. The maximum Gasteiger partial charge on any atom is 0.148 e. The average Bonchev–Trinajstić information content (AvgIpc) is 2.35. The molecule has 68 valence electrons. The topological polar surface area (TPSA) is 38.9 Å². The van der Waals surface area contributed by atoms with Crippen molar-refractivity contribution in [3.8, 4) is 0 Å². The lowest BCUT2D eigenvalue weighted by Gasteiger charge is -2.09. The van der Waals surface area contributed by atoms with Crippen LogP contribution in [0, 0.1) is 0 Å². The van der Waals surface area contributed by atoms with Gasteiger partial charge in [0.1, 0.15) is 5.67 Å². The minimum absolute atomic E-state index is 0.510. The molecule has 0 aliphatic heterocycles. The number of alkyl halides is 1. The van der Waals surface area contributed by atoms with E-state index in [2.05, 4.69) is 4.98 Å². The molecule has 2 N–H and O–H groups in total. The molecule has 1 aromatic rings. The number of nitrogens with two attached hydrogens (primary N) is 1. The van der Waals surface area contributed by atoms with Crippen LogP contribution in [0.4, 0.5) is 4.39 Å². The Balaban J connectivity index is 2.77. The predicted octanol–water partition coefficient (Wildman–Crippen LogP) is 1.85. The van der Waals surface area contributed by atoms with E-state index in [1.807, 2.05) is 0 Å². The Kier molecular flexibility index (Phi) is 2.80. The molecule has 0 fully saturated rings. The van der Waals surface area contributed by atoms with E-state index in [0.29, 0.717) is 12.2 Å². The van der Waals surface area contributed by atoms with Gasteiger partial charge >= 0.3 is 0 Å². The minimum atomic E-state index is -1.33. The summed E-state index contributed by atoms with van der Waals surface area (Å²) in [5.74, 6) is 0. The molecule has 0 radical (unpaired) electrons. The average molecular weight is 188 g/mol. The van der Waals surface area contributed by atoms with E-state index < -0.39 is 5.67 Å². The summed E-state index contributed by atoms with van der Waals surface area (Å²) in [5, 5.41) is 2.67. The van der Waals surface area contributed by atoms with Crippen LogP contribution >= 0.6 is 11.3 Å². The normalized spacial score (nSPS) is 12.0. The van der Waals surface area contributed by atoms with E-state index in [4.69, 9.17) is 5.73 Å². The van der Waals surface area contributed by atoms with Gasteiger partial charge in [0.15, 0.2) is 0 Å². The fourth-order valence-corrected chi connectivity index (χ4v) is 1.79. The summed E-state index contributed by atoms with van der Waals surface area (Å²) in [7, 11) is 0. The van der Waals surface area contributed by atoms with Crippen molar-refractivity contribution in [3.05, 3.63) is 16.1 Å². The third-order valence-corrected chi connectivity index (χ3v) is 2.43. The number of hydrogen-bond donors (Lipinski definition) is 1. The number of nitrogens with zero attached hydrogens (tertiary/aromatic N) is 1. The van der Waals surface area contributed by atoms with Crippen LogP contribution in [0.3, 0.4) is 0 Å². The molecule has 0 aromatic carbocycles. The Morgan fingerprint density at radius 1 is 1.67 bits per heavy atom. The lowest BCUT2D eigenvalue weighted by molar-refractivity contribution is 0.215. The molecule has 0 unspecified atom stereocenters. The molecule has 0 atom stereocenters. The quantitative estimate of drug-likeness (QED) is 0.786. The van der Waals surface area contributed by atoms with Crippen molar-refractivity contribution in [2.75, 3.05) is 6.54 Å².